The lowest BCUT2D eigenvalue weighted by molar-refractivity contribution is 0.0527. The molecule has 0 fully saturated rings. The maximum Gasteiger partial charge on any atom is 0.343 e. The van der Waals surface area contributed by atoms with Gasteiger partial charge in [-0.2, -0.15) is 0 Å². The van der Waals surface area contributed by atoms with E-state index in [0.717, 1.165) is 0 Å². The Hall–Kier alpha value is -1.85. The molecule has 7 heteroatoms. The molecule has 1 aromatic carbocycles. The monoisotopic (exact) mass is 311 g/mol. The Morgan fingerprint density at radius 1 is 1.35 bits per heavy atom. The van der Waals surface area contributed by atoms with Gasteiger partial charge in [-0.3, -0.25) is 0 Å². The van der Waals surface area contributed by atoms with Crippen LogP contribution in [0.2, 0.25) is 10.0 Å². The second kappa shape index (κ2) is 6.07. The summed E-state index contributed by atoms with van der Waals surface area (Å²) < 4.78 is 4.85. The molecule has 0 radical (unpaired) electrons. The summed E-state index contributed by atoms with van der Waals surface area (Å²) in [6.07, 6.45) is 1.33. The lowest BCUT2D eigenvalue weighted by atomic mass is 10.2. The smallest absolute Gasteiger partial charge is 0.343 e. The van der Waals surface area contributed by atoms with Crippen LogP contribution in [0.15, 0.2) is 24.4 Å². The van der Waals surface area contributed by atoms with E-state index in [1.807, 2.05) is 0 Å². The molecule has 0 aliphatic heterocycles. The van der Waals surface area contributed by atoms with Crippen LogP contribution in [-0.4, -0.2) is 22.5 Å². The zero-order valence-electron chi connectivity index (χ0n) is 10.6. The number of benzene rings is 1. The maximum atomic E-state index is 11.6. The Labute approximate surface area is 125 Å². The zero-order chi connectivity index (χ0) is 14.7. The number of anilines is 1. The van der Waals surface area contributed by atoms with Gasteiger partial charge in [0.15, 0.2) is 5.82 Å². The number of hydrogen-bond donors (Lipinski definition) is 1. The fourth-order valence-corrected chi connectivity index (χ4v) is 1.83. The molecule has 1 aromatic heterocycles. The van der Waals surface area contributed by atoms with Crippen LogP contribution in [0.1, 0.15) is 17.3 Å². The number of nitrogen functional groups attached to an aromatic ring is 1. The highest BCUT2D eigenvalue weighted by atomic mass is 35.5. The second-order valence-corrected chi connectivity index (χ2v) is 4.66. The van der Waals surface area contributed by atoms with Gasteiger partial charge < -0.3 is 10.5 Å². The van der Waals surface area contributed by atoms with Crippen molar-refractivity contribution in [3.8, 4) is 11.4 Å². The molecule has 2 rings (SSSR count). The van der Waals surface area contributed by atoms with Crippen molar-refractivity contribution in [3.05, 3.63) is 40.0 Å². The number of aromatic nitrogens is 2. The van der Waals surface area contributed by atoms with Crippen molar-refractivity contribution in [3.63, 3.8) is 0 Å². The first-order valence-electron chi connectivity index (χ1n) is 5.78. The number of halogens is 2. The Bertz CT molecular complexity index is 662. The van der Waals surface area contributed by atoms with E-state index in [1.165, 1.54) is 6.20 Å². The number of hydrogen-bond acceptors (Lipinski definition) is 5. The van der Waals surface area contributed by atoms with Crippen molar-refractivity contribution in [1.82, 2.24) is 9.97 Å². The molecule has 2 aromatic rings. The van der Waals surface area contributed by atoms with Crippen LogP contribution in [0, 0.1) is 0 Å². The first kappa shape index (κ1) is 14.6. The molecule has 104 valence electrons. The summed E-state index contributed by atoms with van der Waals surface area (Å²) >= 11 is 11.8. The first-order valence-corrected chi connectivity index (χ1v) is 6.53. The van der Waals surface area contributed by atoms with Gasteiger partial charge in [0.2, 0.25) is 0 Å². The second-order valence-electron chi connectivity index (χ2n) is 3.84. The molecule has 1 heterocycles. The van der Waals surface area contributed by atoms with Crippen LogP contribution < -0.4 is 5.73 Å². The lowest BCUT2D eigenvalue weighted by Crippen LogP contribution is -2.10. The van der Waals surface area contributed by atoms with E-state index in [-0.39, 0.29) is 18.0 Å². The van der Waals surface area contributed by atoms with Crippen molar-refractivity contribution >= 4 is 35.0 Å². The van der Waals surface area contributed by atoms with Gasteiger partial charge in [0.05, 0.1) is 16.7 Å². The number of esters is 1. The molecule has 0 aliphatic rings. The van der Waals surface area contributed by atoms with Gasteiger partial charge in [-0.1, -0.05) is 23.2 Å². The largest absolute Gasteiger partial charge is 0.462 e. The van der Waals surface area contributed by atoms with E-state index >= 15 is 0 Å². The molecule has 0 spiro atoms. The molecular formula is C13H11Cl2N3O2. The van der Waals surface area contributed by atoms with Gasteiger partial charge in [-0.15, -0.1) is 0 Å². The summed E-state index contributed by atoms with van der Waals surface area (Å²) in [6.45, 7) is 1.96. The normalized spacial score (nSPS) is 10.3. The fourth-order valence-electron chi connectivity index (χ4n) is 1.54. The van der Waals surface area contributed by atoms with E-state index in [0.29, 0.717) is 21.4 Å². The standard InChI is InChI=1S/C13H11Cl2N3O2/c1-2-20-13(19)8-6-17-12(18-11(8)16)7-3-4-9(14)10(15)5-7/h3-6H,2H2,1H3,(H2,16,17,18). The molecule has 5 nitrogen and oxygen atoms in total. The van der Waals surface area contributed by atoms with Crippen molar-refractivity contribution in [2.75, 3.05) is 12.3 Å². The highest BCUT2D eigenvalue weighted by Gasteiger charge is 2.14. The minimum atomic E-state index is -0.550. The third-order valence-electron chi connectivity index (χ3n) is 2.49. The number of nitrogens with zero attached hydrogens (tertiary/aromatic N) is 2. The van der Waals surface area contributed by atoms with Crippen LogP contribution in [0.3, 0.4) is 0 Å². The van der Waals surface area contributed by atoms with E-state index in [1.54, 1.807) is 25.1 Å². The summed E-state index contributed by atoms with van der Waals surface area (Å²) in [6, 6.07) is 4.98. The Morgan fingerprint density at radius 2 is 2.10 bits per heavy atom. The van der Waals surface area contributed by atoms with Crippen LogP contribution in [0.25, 0.3) is 11.4 Å². The van der Waals surface area contributed by atoms with Crippen molar-refractivity contribution in [2.45, 2.75) is 6.92 Å². The van der Waals surface area contributed by atoms with Crippen LogP contribution in [-0.2, 0) is 4.74 Å². The highest BCUT2D eigenvalue weighted by molar-refractivity contribution is 6.42. The predicted octanol–water partition coefficient (Wildman–Crippen LogP) is 3.21. The number of nitrogens with two attached hydrogens (primary N) is 1. The fraction of sp³-hybridized carbons (Fsp3) is 0.154. The van der Waals surface area contributed by atoms with E-state index in [4.69, 9.17) is 33.7 Å². The summed E-state index contributed by atoms with van der Waals surface area (Å²) in [5.41, 5.74) is 6.54. The minimum Gasteiger partial charge on any atom is -0.462 e. The average Bonchev–Trinajstić information content (AvgIpc) is 2.42. The van der Waals surface area contributed by atoms with Crippen LogP contribution in [0.4, 0.5) is 5.82 Å². The average molecular weight is 312 g/mol. The molecule has 0 saturated heterocycles. The first-order chi connectivity index (χ1) is 9.52. The van der Waals surface area contributed by atoms with Gasteiger partial charge in [0, 0.05) is 11.8 Å². The molecule has 0 saturated carbocycles. The van der Waals surface area contributed by atoms with Crippen molar-refractivity contribution in [2.24, 2.45) is 0 Å². The summed E-state index contributed by atoms with van der Waals surface area (Å²) in [5, 5.41) is 0.826. The summed E-state index contributed by atoms with van der Waals surface area (Å²) in [5.74, 6) is -0.140. The topological polar surface area (TPSA) is 78.1 Å². The Kier molecular flexibility index (Phi) is 4.42. The third kappa shape index (κ3) is 3.00. The molecule has 0 atom stereocenters. The highest BCUT2D eigenvalue weighted by Crippen LogP contribution is 2.27. The molecule has 0 unspecified atom stereocenters. The van der Waals surface area contributed by atoms with Gasteiger partial charge in [0.25, 0.3) is 0 Å². The van der Waals surface area contributed by atoms with Crippen molar-refractivity contribution in [1.29, 1.82) is 0 Å². The molecule has 0 aliphatic carbocycles. The molecular weight excluding hydrogens is 301 g/mol. The summed E-state index contributed by atoms with van der Waals surface area (Å²) in [4.78, 5) is 19.8. The van der Waals surface area contributed by atoms with Crippen LogP contribution >= 0.6 is 23.2 Å². The van der Waals surface area contributed by atoms with Crippen molar-refractivity contribution < 1.29 is 9.53 Å². The number of carbonyl (C=O) groups excluding carboxylic acids is 1. The van der Waals surface area contributed by atoms with E-state index in [9.17, 15) is 4.79 Å². The molecule has 20 heavy (non-hydrogen) atoms. The van der Waals surface area contributed by atoms with Gasteiger partial charge in [-0.25, -0.2) is 14.8 Å². The lowest BCUT2D eigenvalue weighted by Gasteiger charge is -2.07. The number of carbonyl (C=O) groups is 1. The molecule has 2 N–H and O–H groups in total. The Balaban J connectivity index is 2.37. The van der Waals surface area contributed by atoms with Gasteiger partial charge in [-0.05, 0) is 25.1 Å². The molecule has 0 bridgehead atoms. The quantitative estimate of drug-likeness (QED) is 0.881. The number of rotatable bonds is 3. The van der Waals surface area contributed by atoms with E-state index < -0.39 is 5.97 Å². The van der Waals surface area contributed by atoms with E-state index in [2.05, 4.69) is 9.97 Å². The maximum absolute atomic E-state index is 11.6. The zero-order valence-corrected chi connectivity index (χ0v) is 12.1. The SMILES string of the molecule is CCOC(=O)c1cnc(-c2ccc(Cl)c(Cl)c2)nc1N. The third-order valence-corrected chi connectivity index (χ3v) is 3.23. The molecule has 0 amide bonds. The summed E-state index contributed by atoms with van der Waals surface area (Å²) in [7, 11) is 0. The predicted molar refractivity (Wildman–Crippen MR) is 77.9 cm³/mol. The van der Waals surface area contributed by atoms with Crippen LogP contribution in [0.5, 0.6) is 0 Å². The minimum absolute atomic E-state index is 0.0551. The Morgan fingerprint density at radius 3 is 2.70 bits per heavy atom. The van der Waals surface area contributed by atoms with Gasteiger partial charge >= 0.3 is 5.97 Å². The van der Waals surface area contributed by atoms with Gasteiger partial charge in [0.1, 0.15) is 11.4 Å². The number of ether oxygens (including phenoxy) is 1.